The minimum atomic E-state index is 0.385. The standard InChI is InChI=1S/C12H25NOS/c1-4-5-12(9-15)8-13-6-10(2)14-11(3)7-13/h10-12,15H,4-9H2,1-3H3/t10-,11+,12?. The Morgan fingerprint density at radius 3 is 2.40 bits per heavy atom. The van der Waals surface area contributed by atoms with Gasteiger partial charge in [0.15, 0.2) is 0 Å². The molecule has 90 valence electrons. The second-order valence-electron chi connectivity index (χ2n) is 4.81. The van der Waals surface area contributed by atoms with Crippen LogP contribution in [0.2, 0.25) is 0 Å². The van der Waals surface area contributed by atoms with Crippen LogP contribution in [0.1, 0.15) is 33.6 Å². The zero-order chi connectivity index (χ0) is 11.3. The molecular formula is C12H25NOS. The maximum absolute atomic E-state index is 5.73. The molecule has 0 radical (unpaired) electrons. The summed E-state index contributed by atoms with van der Waals surface area (Å²) in [4.78, 5) is 2.54. The number of hydrogen-bond acceptors (Lipinski definition) is 3. The van der Waals surface area contributed by atoms with E-state index in [0.717, 1.165) is 24.8 Å². The molecule has 1 rings (SSSR count). The maximum atomic E-state index is 5.73. The molecule has 15 heavy (non-hydrogen) atoms. The van der Waals surface area contributed by atoms with Crippen molar-refractivity contribution in [3.8, 4) is 0 Å². The lowest BCUT2D eigenvalue weighted by atomic mass is 10.0. The fourth-order valence-electron chi connectivity index (χ4n) is 2.45. The molecule has 1 aliphatic heterocycles. The van der Waals surface area contributed by atoms with Gasteiger partial charge in [0, 0.05) is 19.6 Å². The van der Waals surface area contributed by atoms with E-state index in [1.54, 1.807) is 0 Å². The van der Waals surface area contributed by atoms with Crippen molar-refractivity contribution in [2.75, 3.05) is 25.4 Å². The van der Waals surface area contributed by atoms with Crippen LogP contribution in [0.3, 0.4) is 0 Å². The number of hydrogen-bond donors (Lipinski definition) is 1. The minimum absolute atomic E-state index is 0.385. The van der Waals surface area contributed by atoms with Crippen molar-refractivity contribution >= 4 is 12.6 Å². The smallest absolute Gasteiger partial charge is 0.0678 e. The van der Waals surface area contributed by atoms with Crippen LogP contribution < -0.4 is 0 Å². The molecule has 1 heterocycles. The summed E-state index contributed by atoms with van der Waals surface area (Å²) in [5.41, 5.74) is 0. The summed E-state index contributed by atoms with van der Waals surface area (Å²) < 4.78 is 5.73. The molecule has 0 spiro atoms. The monoisotopic (exact) mass is 231 g/mol. The van der Waals surface area contributed by atoms with Gasteiger partial charge in [0.1, 0.15) is 0 Å². The predicted octanol–water partition coefficient (Wildman–Crippen LogP) is 2.44. The van der Waals surface area contributed by atoms with Crippen LogP contribution in [0, 0.1) is 5.92 Å². The predicted molar refractivity (Wildman–Crippen MR) is 68.7 cm³/mol. The molecule has 0 saturated carbocycles. The normalized spacial score (nSPS) is 30.4. The molecule has 0 aromatic heterocycles. The van der Waals surface area contributed by atoms with Gasteiger partial charge in [-0.3, -0.25) is 4.90 Å². The summed E-state index contributed by atoms with van der Waals surface area (Å²) >= 11 is 4.44. The van der Waals surface area contributed by atoms with Gasteiger partial charge in [-0.1, -0.05) is 13.3 Å². The van der Waals surface area contributed by atoms with Crippen LogP contribution in [0.25, 0.3) is 0 Å². The van der Waals surface area contributed by atoms with Crippen LogP contribution in [0.15, 0.2) is 0 Å². The second-order valence-corrected chi connectivity index (χ2v) is 5.18. The average Bonchev–Trinajstić information content (AvgIpc) is 2.15. The van der Waals surface area contributed by atoms with E-state index >= 15 is 0 Å². The third-order valence-electron chi connectivity index (χ3n) is 2.97. The highest BCUT2D eigenvalue weighted by Gasteiger charge is 2.23. The number of morpholine rings is 1. The summed E-state index contributed by atoms with van der Waals surface area (Å²) in [5, 5.41) is 0. The van der Waals surface area contributed by atoms with Crippen molar-refractivity contribution < 1.29 is 4.74 Å². The van der Waals surface area contributed by atoms with Gasteiger partial charge >= 0.3 is 0 Å². The van der Waals surface area contributed by atoms with Crippen LogP contribution in [-0.2, 0) is 4.74 Å². The largest absolute Gasteiger partial charge is 0.373 e. The SMILES string of the molecule is CCCC(CS)CN1C[C@@H](C)O[C@@H](C)C1. The first kappa shape index (κ1) is 13.3. The Morgan fingerprint density at radius 1 is 1.33 bits per heavy atom. The van der Waals surface area contributed by atoms with E-state index in [1.807, 2.05) is 0 Å². The molecule has 1 saturated heterocycles. The first-order chi connectivity index (χ1) is 7.15. The molecule has 3 atom stereocenters. The number of thiol groups is 1. The molecule has 0 N–H and O–H groups in total. The Bertz CT molecular complexity index is 167. The van der Waals surface area contributed by atoms with Crippen molar-refractivity contribution in [2.45, 2.75) is 45.8 Å². The van der Waals surface area contributed by atoms with Crippen molar-refractivity contribution in [2.24, 2.45) is 5.92 Å². The minimum Gasteiger partial charge on any atom is -0.373 e. The molecule has 1 unspecified atom stereocenters. The van der Waals surface area contributed by atoms with E-state index in [4.69, 9.17) is 4.74 Å². The molecule has 0 aromatic rings. The molecule has 0 amide bonds. The highest BCUT2D eigenvalue weighted by molar-refractivity contribution is 7.80. The van der Waals surface area contributed by atoms with Gasteiger partial charge in [0.2, 0.25) is 0 Å². The van der Waals surface area contributed by atoms with Crippen LogP contribution in [0.4, 0.5) is 0 Å². The Balaban J connectivity index is 2.35. The van der Waals surface area contributed by atoms with Gasteiger partial charge in [0.25, 0.3) is 0 Å². The van der Waals surface area contributed by atoms with Gasteiger partial charge in [0.05, 0.1) is 12.2 Å². The van der Waals surface area contributed by atoms with E-state index in [-0.39, 0.29) is 0 Å². The molecule has 3 heteroatoms. The molecule has 0 aliphatic carbocycles. The molecular weight excluding hydrogens is 206 g/mol. The van der Waals surface area contributed by atoms with Gasteiger partial charge in [-0.2, -0.15) is 12.6 Å². The summed E-state index contributed by atoms with van der Waals surface area (Å²) in [6.07, 6.45) is 3.33. The van der Waals surface area contributed by atoms with E-state index in [2.05, 4.69) is 38.3 Å². The molecule has 2 nitrogen and oxygen atoms in total. The number of ether oxygens (including phenoxy) is 1. The second kappa shape index (κ2) is 6.77. The summed E-state index contributed by atoms with van der Waals surface area (Å²) in [5.74, 6) is 1.75. The maximum Gasteiger partial charge on any atom is 0.0678 e. The van der Waals surface area contributed by atoms with Crippen molar-refractivity contribution in [3.05, 3.63) is 0 Å². The molecule has 0 bridgehead atoms. The quantitative estimate of drug-likeness (QED) is 0.730. The average molecular weight is 231 g/mol. The fourth-order valence-corrected chi connectivity index (χ4v) is 2.75. The highest BCUT2D eigenvalue weighted by atomic mass is 32.1. The lowest BCUT2D eigenvalue weighted by Gasteiger charge is -2.37. The number of nitrogens with zero attached hydrogens (tertiary/aromatic N) is 1. The fraction of sp³-hybridized carbons (Fsp3) is 1.00. The zero-order valence-corrected chi connectivity index (χ0v) is 11.2. The van der Waals surface area contributed by atoms with Crippen LogP contribution >= 0.6 is 12.6 Å². The Hall–Kier alpha value is 0.270. The first-order valence-electron chi connectivity index (χ1n) is 6.14. The summed E-state index contributed by atoms with van der Waals surface area (Å²) in [6.45, 7) is 9.93. The van der Waals surface area contributed by atoms with E-state index in [9.17, 15) is 0 Å². The van der Waals surface area contributed by atoms with Gasteiger partial charge < -0.3 is 4.74 Å². The van der Waals surface area contributed by atoms with Crippen LogP contribution in [-0.4, -0.2) is 42.5 Å². The lowest BCUT2D eigenvalue weighted by molar-refractivity contribution is -0.0709. The third kappa shape index (κ3) is 4.75. The molecule has 0 aromatic carbocycles. The Labute approximate surface area is 99.8 Å². The van der Waals surface area contributed by atoms with E-state index in [0.29, 0.717) is 12.2 Å². The summed E-state index contributed by atoms with van der Waals surface area (Å²) in [7, 11) is 0. The first-order valence-corrected chi connectivity index (χ1v) is 6.77. The Morgan fingerprint density at radius 2 is 1.93 bits per heavy atom. The van der Waals surface area contributed by atoms with Crippen molar-refractivity contribution in [1.29, 1.82) is 0 Å². The third-order valence-corrected chi connectivity index (χ3v) is 3.48. The van der Waals surface area contributed by atoms with Crippen molar-refractivity contribution in [1.82, 2.24) is 4.90 Å². The van der Waals surface area contributed by atoms with E-state index in [1.165, 1.54) is 19.4 Å². The van der Waals surface area contributed by atoms with E-state index < -0.39 is 0 Å². The zero-order valence-electron chi connectivity index (χ0n) is 10.3. The number of rotatable bonds is 5. The van der Waals surface area contributed by atoms with Crippen LogP contribution in [0.5, 0.6) is 0 Å². The van der Waals surface area contributed by atoms with Gasteiger partial charge in [-0.05, 0) is 31.9 Å². The van der Waals surface area contributed by atoms with Gasteiger partial charge in [-0.15, -0.1) is 0 Å². The molecule has 1 aliphatic rings. The topological polar surface area (TPSA) is 12.5 Å². The lowest BCUT2D eigenvalue weighted by Crippen LogP contribution is -2.47. The molecule has 1 fully saturated rings. The van der Waals surface area contributed by atoms with Crippen molar-refractivity contribution in [3.63, 3.8) is 0 Å². The van der Waals surface area contributed by atoms with Gasteiger partial charge in [-0.25, -0.2) is 0 Å². The Kier molecular flexibility index (Phi) is 6.02. The highest BCUT2D eigenvalue weighted by Crippen LogP contribution is 2.15. The summed E-state index contributed by atoms with van der Waals surface area (Å²) in [6, 6.07) is 0.